The maximum atomic E-state index is 12.6. The van der Waals surface area contributed by atoms with E-state index in [-0.39, 0.29) is 23.8 Å². The maximum Gasteiger partial charge on any atom is 0.265 e. The number of benzene rings is 1. The zero-order valence-corrected chi connectivity index (χ0v) is 14.6. The number of rotatable bonds is 4. The lowest BCUT2D eigenvalue weighted by Crippen LogP contribution is -2.37. The second-order valence-electron chi connectivity index (χ2n) is 7.38. The molecule has 1 heterocycles. The summed E-state index contributed by atoms with van der Waals surface area (Å²) < 4.78 is 5.80. The Morgan fingerprint density at radius 3 is 2.88 bits per heavy atom. The highest BCUT2D eigenvalue weighted by atomic mass is 16.5. The molecule has 2 N–H and O–H groups in total. The van der Waals surface area contributed by atoms with Crippen molar-refractivity contribution in [3.05, 3.63) is 35.9 Å². The Balaban J connectivity index is 1.46. The molecule has 5 heteroatoms. The first-order chi connectivity index (χ1) is 12.0. The number of hydrogen-bond donors (Lipinski definition) is 2. The summed E-state index contributed by atoms with van der Waals surface area (Å²) in [6.07, 6.45) is 6.71. The number of ether oxygens (including phenoxy) is 1. The summed E-state index contributed by atoms with van der Waals surface area (Å²) in [6, 6.07) is 5.60. The van der Waals surface area contributed by atoms with E-state index in [2.05, 4.69) is 22.8 Å². The van der Waals surface area contributed by atoms with Crippen LogP contribution in [0.5, 0.6) is 5.75 Å². The predicted molar refractivity (Wildman–Crippen MR) is 95.2 cm³/mol. The van der Waals surface area contributed by atoms with Gasteiger partial charge >= 0.3 is 0 Å². The van der Waals surface area contributed by atoms with Gasteiger partial charge in [0, 0.05) is 5.92 Å². The van der Waals surface area contributed by atoms with E-state index in [1.165, 1.54) is 0 Å². The summed E-state index contributed by atoms with van der Waals surface area (Å²) in [5.74, 6) is 1.81. The summed E-state index contributed by atoms with van der Waals surface area (Å²) in [5, 5.41) is 6.02. The quantitative estimate of drug-likeness (QED) is 0.827. The molecule has 0 radical (unpaired) electrons. The van der Waals surface area contributed by atoms with Crippen LogP contribution in [0, 0.1) is 17.8 Å². The number of carbonyl (C=O) groups excluding carboxylic acids is 2. The lowest BCUT2D eigenvalue weighted by molar-refractivity contribution is -0.126. The molecule has 1 fully saturated rings. The fourth-order valence-electron chi connectivity index (χ4n) is 4.18. The molecule has 5 unspecified atom stereocenters. The summed E-state index contributed by atoms with van der Waals surface area (Å²) in [5.41, 5.74) is 1.67. The van der Waals surface area contributed by atoms with Crippen molar-refractivity contribution in [2.75, 3.05) is 5.32 Å². The Morgan fingerprint density at radius 1 is 1.36 bits per heavy atom. The average Bonchev–Trinajstić information content (AvgIpc) is 3.24. The lowest BCUT2D eigenvalue weighted by Gasteiger charge is -2.27. The third-order valence-electron chi connectivity index (χ3n) is 5.67. The molecular weight excluding hydrogens is 316 g/mol. The van der Waals surface area contributed by atoms with E-state index in [9.17, 15) is 9.59 Å². The van der Waals surface area contributed by atoms with Crippen LogP contribution in [0.4, 0.5) is 5.69 Å². The van der Waals surface area contributed by atoms with Gasteiger partial charge in [0.05, 0.1) is 11.7 Å². The third kappa shape index (κ3) is 2.92. The summed E-state index contributed by atoms with van der Waals surface area (Å²) in [4.78, 5) is 24.5. The molecule has 4 rings (SSSR count). The van der Waals surface area contributed by atoms with Gasteiger partial charge in [-0.2, -0.15) is 0 Å². The number of fused-ring (bicyclic) bond motifs is 3. The zero-order valence-electron chi connectivity index (χ0n) is 14.6. The standard InChI is InChI=1S/C20H24N2O3/c1-3-17-20(24)22-16-7-6-13(10-18(16)25-17)11(2)21-19(23)15-9-12-4-5-14(15)8-12/h4-7,10-12,14-15,17H,3,8-9H2,1-2H3,(H,21,23)(H,22,24). The lowest BCUT2D eigenvalue weighted by atomic mass is 9.92. The number of anilines is 1. The van der Waals surface area contributed by atoms with Gasteiger partial charge in [-0.05, 0) is 55.7 Å². The number of allylic oxidation sites excluding steroid dienone is 2. The van der Waals surface area contributed by atoms with Crippen molar-refractivity contribution in [2.45, 2.75) is 45.3 Å². The first-order valence-corrected chi connectivity index (χ1v) is 9.15. The van der Waals surface area contributed by atoms with Crippen LogP contribution in [-0.4, -0.2) is 17.9 Å². The van der Waals surface area contributed by atoms with Crippen LogP contribution in [-0.2, 0) is 9.59 Å². The minimum Gasteiger partial charge on any atom is -0.478 e. The molecule has 0 aromatic heterocycles. The van der Waals surface area contributed by atoms with Crippen molar-refractivity contribution in [1.29, 1.82) is 0 Å². The van der Waals surface area contributed by atoms with Crippen LogP contribution in [0.1, 0.15) is 44.7 Å². The van der Waals surface area contributed by atoms with E-state index < -0.39 is 6.10 Å². The second-order valence-corrected chi connectivity index (χ2v) is 7.38. The van der Waals surface area contributed by atoms with E-state index in [1.807, 2.05) is 32.0 Å². The predicted octanol–water partition coefficient (Wildman–Crippen LogP) is 3.19. The van der Waals surface area contributed by atoms with Gasteiger partial charge in [0.15, 0.2) is 6.10 Å². The zero-order chi connectivity index (χ0) is 17.6. The Kier molecular flexibility index (Phi) is 4.02. The topological polar surface area (TPSA) is 67.4 Å². The van der Waals surface area contributed by atoms with E-state index in [0.29, 0.717) is 29.7 Å². The van der Waals surface area contributed by atoms with Crippen LogP contribution < -0.4 is 15.4 Å². The fourth-order valence-corrected chi connectivity index (χ4v) is 4.18. The molecule has 1 aromatic carbocycles. The molecule has 5 atom stereocenters. The second kappa shape index (κ2) is 6.21. The Morgan fingerprint density at radius 2 is 2.20 bits per heavy atom. The molecule has 25 heavy (non-hydrogen) atoms. The van der Waals surface area contributed by atoms with Gasteiger partial charge in [-0.1, -0.05) is 25.1 Å². The van der Waals surface area contributed by atoms with Gasteiger partial charge in [0.2, 0.25) is 5.91 Å². The highest BCUT2D eigenvalue weighted by molar-refractivity contribution is 5.97. The average molecular weight is 340 g/mol. The Bertz CT molecular complexity index is 742. The Labute approximate surface area is 147 Å². The minimum atomic E-state index is -0.450. The molecule has 5 nitrogen and oxygen atoms in total. The van der Waals surface area contributed by atoms with Crippen molar-refractivity contribution in [1.82, 2.24) is 5.32 Å². The molecule has 2 aliphatic carbocycles. The van der Waals surface area contributed by atoms with E-state index >= 15 is 0 Å². The summed E-state index contributed by atoms with van der Waals surface area (Å²) in [6.45, 7) is 3.91. The Hall–Kier alpha value is -2.30. The highest BCUT2D eigenvalue weighted by Gasteiger charge is 2.40. The molecule has 2 bridgehead atoms. The molecule has 1 saturated carbocycles. The molecule has 3 aliphatic rings. The van der Waals surface area contributed by atoms with Crippen LogP contribution in [0.15, 0.2) is 30.4 Å². The monoisotopic (exact) mass is 340 g/mol. The van der Waals surface area contributed by atoms with Crippen molar-refractivity contribution in [3.63, 3.8) is 0 Å². The van der Waals surface area contributed by atoms with E-state index in [4.69, 9.17) is 4.74 Å². The van der Waals surface area contributed by atoms with Crippen molar-refractivity contribution in [2.24, 2.45) is 17.8 Å². The van der Waals surface area contributed by atoms with Gasteiger partial charge in [-0.25, -0.2) is 0 Å². The van der Waals surface area contributed by atoms with Gasteiger partial charge in [-0.3, -0.25) is 9.59 Å². The van der Waals surface area contributed by atoms with Crippen LogP contribution >= 0.6 is 0 Å². The molecular formula is C20H24N2O3. The molecule has 1 aliphatic heterocycles. The molecule has 132 valence electrons. The molecule has 0 saturated heterocycles. The summed E-state index contributed by atoms with van der Waals surface area (Å²) >= 11 is 0. The van der Waals surface area contributed by atoms with E-state index in [1.54, 1.807) is 0 Å². The summed E-state index contributed by atoms with van der Waals surface area (Å²) in [7, 11) is 0. The number of carbonyl (C=O) groups is 2. The number of hydrogen-bond acceptors (Lipinski definition) is 3. The fraction of sp³-hybridized carbons (Fsp3) is 0.500. The van der Waals surface area contributed by atoms with Gasteiger partial charge in [-0.15, -0.1) is 0 Å². The van der Waals surface area contributed by atoms with Gasteiger partial charge in [0.25, 0.3) is 5.91 Å². The molecule has 1 aromatic rings. The van der Waals surface area contributed by atoms with Crippen molar-refractivity contribution < 1.29 is 14.3 Å². The molecule has 2 amide bonds. The van der Waals surface area contributed by atoms with Gasteiger partial charge in [0.1, 0.15) is 5.75 Å². The van der Waals surface area contributed by atoms with Gasteiger partial charge < -0.3 is 15.4 Å². The van der Waals surface area contributed by atoms with Crippen LogP contribution in [0.3, 0.4) is 0 Å². The smallest absolute Gasteiger partial charge is 0.265 e. The first-order valence-electron chi connectivity index (χ1n) is 9.15. The third-order valence-corrected chi connectivity index (χ3v) is 5.67. The number of nitrogens with one attached hydrogen (secondary N) is 2. The van der Waals surface area contributed by atoms with Crippen LogP contribution in [0.2, 0.25) is 0 Å². The van der Waals surface area contributed by atoms with E-state index in [0.717, 1.165) is 18.4 Å². The highest BCUT2D eigenvalue weighted by Crippen LogP contribution is 2.43. The molecule has 0 spiro atoms. The first kappa shape index (κ1) is 16.2. The normalized spacial score (nSPS) is 30.4. The largest absolute Gasteiger partial charge is 0.478 e. The van der Waals surface area contributed by atoms with Crippen molar-refractivity contribution >= 4 is 17.5 Å². The number of amides is 2. The minimum absolute atomic E-state index is 0.0952. The maximum absolute atomic E-state index is 12.6. The SMILES string of the molecule is CCC1Oc2cc(C(C)NC(=O)C3CC4C=CC3C4)ccc2NC1=O. The van der Waals surface area contributed by atoms with Crippen LogP contribution in [0.25, 0.3) is 0 Å². The van der Waals surface area contributed by atoms with Crippen molar-refractivity contribution in [3.8, 4) is 5.75 Å².